The number of piperidine rings is 1. The highest BCUT2D eigenvalue weighted by molar-refractivity contribution is 6.32. The zero-order valence-corrected chi connectivity index (χ0v) is 20.9. The van der Waals surface area contributed by atoms with Gasteiger partial charge in [0, 0.05) is 26.2 Å². The summed E-state index contributed by atoms with van der Waals surface area (Å²) in [6.07, 6.45) is 7.15. The number of likely N-dealkylation sites (tertiary alicyclic amines) is 1. The van der Waals surface area contributed by atoms with Gasteiger partial charge in [-0.25, -0.2) is 19.9 Å². The van der Waals surface area contributed by atoms with Gasteiger partial charge in [-0.15, -0.1) is 0 Å². The molecule has 2 aliphatic rings. The standard InChI is InChI=1S/C10H12ClN5.C6H13N.C5HCl2N3/c1-15-2-4-16(5-3-15)9-7-13-8(6-12)10(11)14-9;1-7-5-3-2-4-6-7;6-4-2-9-3(1-8)5(7)10-4/h7H,2-5H2,1H3;2-6H2,1H3;2H. The predicted octanol–water partition coefficient (Wildman–Crippen LogP) is 3.51. The van der Waals surface area contributed by atoms with Crippen LogP contribution < -0.4 is 4.90 Å². The quantitative estimate of drug-likeness (QED) is 0.569. The van der Waals surface area contributed by atoms with Gasteiger partial charge in [0.1, 0.15) is 23.1 Å². The first-order valence-electron chi connectivity index (χ1n) is 10.5. The molecular formula is C21H26Cl3N9. The van der Waals surface area contributed by atoms with Crippen LogP contribution in [0.5, 0.6) is 0 Å². The fraction of sp³-hybridized carbons (Fsp3) is 0.524. The molecule has 0 radical (unpaired) electrons. The average molecular weight is 511 g/mol. The third-order valence-electron chi connectivity index (χ3n) is 5.04. The Morgan fingerprint density at radius 3 is 1.70 bits per heavy atom. The van der Waals surface area contributed by atoms with Gasteiger partial charge < -0.3 is 14.7 Å². The number of aromatic nitrogens is 4. The van der Waals surface area contributed by atoms with Gasteiger partial charge in [-0.1, -0.05) is 41.2 Å². The van der Waals surface area contributed by atoms with E-state index in [2.05, 4.69) is 48.7 Å². The summed E-state index contributed by atoms with van der Waals surface area (Å²) in [5.41, 5.74) is 0.269. The van der Waals surface area contributed by atoms with Gasteiger partial charge in [0.25, 0.3) is 0 Å². The second-order valence-corrected chi connectivity index (χ2v) is 8.68. The molecule has 0 atom stereocenters. The first-order valence-corrected chi connectivity index (χ1v) is 11.6. The van der Waals surface area contributed by atoms with Crippen LogP contribution in [0.4, 0.5) is 5.82 Å². The molecule has 33 heavy (non-hydrogen) atoms. The lowest BCUT2D eigenvalue weighted by Gasteiger charge is -2.32. The maximum Gasteiger partial charge on any atom is 0.178 e. The first-order chi connectivity index (χ1) is 15.8. The van der Waals surface area contributed by atoms with Gasteiger partial charge in [0.15, 0.2) is 21.7 Å². The van der Waals surface area contributed by atoms with Gasteiger partial charge in [-0.3, -0.25) is 0 Å². The number of halogens is 3. The smallest absolute Gasteiger partial charge is 0.178 e. The van der Waals surface area contributed by atoms with E-state index in [1.165, 1.54) is 38.5 Å². The third-order valence-corrected chi connectivity index (χ3v) is 5.75. The molecule has 0 amide bonds. The van der Waals surface area contributed by atoms with Crippen molar-refractivity contribution in [2.45, 2.75) is 19.3 Å². The maximum atomic E-state index is 8.70. The molecule has 2 aromatic heterocycles. The van der Waals surface area contributed by atoms with Gasteiger partial charge in [-0.2, -0.15) is 10.5 Å². The van der Waals surface area contributed by atoms with Crippen molar-refractivity contribution < 1.29 is 0 Å². The van der Waals surface area contributed by atoms with E-state index in [0.29, 0.717) is 0 Å². The van der Waals surface area contributed by atoms with Crippen LogP contribution in [-0.2, 0) is 0 Å². The minimum absolute atomic E-state index is 0.0370. The second-order valence-electron chi connectivity index (χ2n) is 7.58. The number of piperazine rings is 1. The average Bonchev–Trinajstić information content (AvgIpc) is 2.81. The maximum absolute atomic E-state index is 8.70. The lowest BCUT2D eigenvalue weighted by Crippen LogP contribution is -2.44. The molecule has 9 nitrogen and oxygen atoms in total. The van der Waals surface area contributed by atoms with Gasteiger partial charge in [-0.05, 0) is 40.0 Å². The van der Waals surface area contributed by atoms with Crippen LogP contribution in [0.3, 0.4) is 0 Å². The summed E-state index contributed by atoms with van der Waals surface area (Å²) in [5.74, 6) is 0.747. The fourth-order valence-electron chi connectivity index (χ4n) is 3.09. The molecule has 12 heteroatoms. The molecule has 0 saturated carbocycles. The highest BCUT2D eigenvalue weighted by Gasteiger charge is 2.16. The summed E-state index contributed by atoms with van der Waals surface area (Å²) in [6, 6.07) is 3.66. The first kappa shape index (κ1) is 27.0. The van der Waals surface area contributed by atoms with E-state index in [4.69, 9.17) is 45.3 Å². The van der Waals surface area contributed by atoms with Crippen molar-refractivity contribution in [1.82, 2.24) is 29.7 Å². The van der Waals surface area contributed by atoms with Crippen molar-refractivity contribution in [3.8, 4) is 12.1 Å². The monoisotopic (exact) mass is 509 g/mol. The molecule has 0 unspecified atom stereocenters. The molecule has 2 aliphatic heterocycles. The lowest BCUT2D eigenvalue weighted by atomic mass is 10.1. The van der Waals surface area contributed by atoms with E-state index in [0.717, 1.165) is 32.0 Å². The van der Waals surface area contributed by atoms with Crippen LogP contribution in [0.25, 0.3) is 0 Å². The Morgan fingerprint density at radius 2 is 1.24 bits per heavy atom. The SMILES string of the molecule is CN1CCCCC1.CN1CCN(c2cnc(C#N)c(Cl)n2)CC1.N#Cc1ncc(Cl)nc1Cl. The lowest BCUT2D eigenvalue weighted by molar-refractivity contribution is 0.277. The summed E-state index contributed by atoms with van der Waals surface area (Å²) in [6.45, 7) is 6.46. The van der Waals surface area contributed by atoms with Crippen LogP contribution in [0, 0.1) is 22.7 Å². The Hall–Kier alpha value is -2.27. The Kier molecular flexibility index (Phi) is 11.5. The number of hydrogen-bond donors (Lipinski definition) is 0. The van der Waals surface area contributed by atoms with Crippen LogP contribution in [0.1, 0.15) is 30.7 Å². The van der Waals surface area contributed by atoms with Crippen molar-refractivity contribution in [3.63, 3.8) is 0 Å². The molecule has 2 fully saturated rings. The molecule has 0 spiro atoms. The summed E-state index contributed by atoms with van der Waals surface area (Å²) < 4.78 is 0. The van der Waals surface area contributed by atoms with Crippen LogP contribution in [-0.4, -0.2) is 83.1 Å². The third kappa shape index (κ3) is 9.24. The molecule has 2 saturated heterocycles. The van der Waals surface area contributed by atoms with Crippen molar-refractivity contribution in [3.05, 3.63) is 39.2 Å². The van der Waals surface area contributed by atoms with E-state index in [9.17, 15) is 0 Å². The molecular weight excluding hydrogens is 485 g/mol. The number of likely N-dealkylation sites (N-methyl/N-ethyl adjacent to an activating group) is 1. The van der Waals surface area contributed by atoms with Crippen molar-refractivity contribution in [2.75, 3.05) is 58.3 Å². The minimum Gasteiger partial charge on any atom is -0.353 e. The van der Waals surface area contributed by atoms with Crippen molar-refractivity contribution >= 4 is 40.6 Å². The Bertz CT molecular complexity index is 976. The summed E-state index contributed by atoms with van der Waals surface area (Å²) in [4.78, 5) is 22.1. The Balaban J connectivity index is 0.000000193. The highest BCUT2D eigenvalue weighted by Crippen LogP contribution is 2.17. The normalized spacial score (nSPS) is 16.4. The van der Waals surface area contributed by atoms with E-state index in [-0.39, 0.29) is 26.8 Å². The van der Waals surface area contributed by atoms with Crippen molar-refractivity contribution in [2.24, 2.45) is 0 Å². The van der Waals surface area contributed by atoms with E-state index in [1.807, 2.05) is 6.07 Å². The molecule has 0 aromatic carbocycles. The summed E-state index contributed by atoms with van der Waals surface area (Å²) in [5, 5.41) is 17.4. The zero-order chi connectivity index (χ0) is 24.2. The molecule has 0 bridgehead atoms. The summed E-state index contributed by atoms with van der Waals surface area (Å²) in [7, 11) is 4.29. The topological polar surface area (TPSA) is 109 Å². The van der Waals surface area contributed by atoms with Gasteiger partial charge in [0.2, 0.25) is 0 Å². The Labute approximate surface area is 209 Å². The Morgan fingerprint density at radius 1 is 0.727 bits per heavy atom. The van der Waals surface area contributed by atoms with Crippen molar-refractivity contribution in [1.29, 1.82) is 10.5 Å². The van der Waals surface area contributed by atoms with Gasteiger partial charge >= 0.3 is 0 Å². The molecule has 0 aliphatic carbocycles. The van der Waals surface area contributed by atoms with Crippen LogP contribution in [0.2, 0.25) is 15.5 Å². The minimum atomic E-state index is 0.0370. The fourth-order valence-corrected chi connectivity index (χ4v) is 3.63. The largest absolute Gasteiger partial charge is 0.353 e. The number of anilines is 1. The highest BCUT2D eigenvalue weighted by atomic mass is 35.5. The number of nitrogens with zero attached hydrogens (tertiary/aromatic N) is 9. The summed E-state index contributed by atoms with van der Waals surface area (Å²) >= 11 is 16.7. The molecule has 4 heterocycles. The second kappa shape index (κ2) is 14.1. The van der Waals surface area contributed by atoms with Crippen LogP contribution in [0.15, 0.2) is 12.4 Å². The zero-order valence-electron chi connectivity index (χ0n) is 18.7. The molecule has 2 aromatic rings. The number of rotatable bonds is 1. The van der Waals surface area contributed by atoms with E-state index in [1.54, 1.807) is 12.3 Å². The van der Waals surface area contributed by atoms with Gasteiger partial charge in [0.05, 0.1) is 12.4 Å². The molecule has 176 valence electrons. The molecule has 4 rings (SSSR count). The molecule has 0 N–H and O–H groups in total. The number of hydrogen-bond acceptors (Lipinski definition) is 9. The van der Waals surface area contributed by atoms with E-state index >= 15 is 0 Å². The predicted molar refractivity (Wildman–Crippen MR) is 130 cm³/mol. The van der Waals surface area contributed by atoms with E-state index < -0.39 is 0 Å². The van der Waals surface area contributed by atoms with Crippen LogP contribution >= 0.6 is 34.8 Å². The number of nitriles is 2.